The molecule has 2 aromatic heterocycles. The lowest BCUT2D eigenvalue weighted by Gasteiger charge is -2.23. The van der Waals surface area contributed by atoms with E-state index < -0.39 is 0 Å². The second kappa shape index (κ2) is 8.73. The molecular formula is C23H29N5O2. The third kappa shape index (κ3) is 4.56. The highest BCUT2D eigenvalue weighted by molar-refractivity contribution is 5.92. The number of carbonyl (C=O) groups excluding carboxylic acids is 1. The fourth-order valence-electron chi connectivity index (χ4n) is 4.11. The van der Waals surface area contributed by atoms with Crippen LogP contribution in [0.3, 0.4) is 0 Å². The second-order valence-electron chi connectivity index (χ2n) is 8.10. The van der Waals surface area contributed by atoms with Gasteiger partial charge in [-0.3, -0.25) is 4.79 Å². The predicted octanol–water partition coefficient (Wildman–Crippen LogP) is 4.35. The van der Waals surface area contributed by atoms with Gasteiger partial charge < -0.3 is 15.4 Å². The summed E-state index contributed by atoms with van der Waals surface area (Å²) in [6.45, 7) is 3.83. The van der Waals surface area contributed by atoms with Gasteiger partial charge in [-0.2, -0.15) is 0 Å². The van der Waals surface area contributed by atoms with Gasteiger partial charge in [-0.1, -0.05) is 19.3 Å². The lowest BCUT2D eigenvalue weighted by molar-refractivity contribution is -0.118. The standard InChI is InChI=1S/C23H29N5O2/c1-15-13-16(2)24-22-21(15)23(27-28(22)3)30-14-20(29)26-19-11-9-18(10-12-19)25-17-7-5-4-6-8-17/h9-13,17,25H,4-8,14H2,1-3H3,(H,26,29). The number of anilines is 2. The van der Waals surface area contributed by atoms with Crippen LogP contribution in [0.4, 0.5) is 11.4 Å². The molecule has 2 N–H and O–H groups in total. The van der Waals surface area contributed by atoms with E-state index in [1.807, 2.05) is 51.2 Å². The summed E-state index contributed by atoms with van der Waals surface area (Å²) >= 11 is 0. The maximum absolute atomic E-state index is 12.4. The first-order valence-corrected chi connectivity index (χ1v) is 10.6. The smallest absolute Gasteiger partial charge is 0.262 e. The molecule has 1 amide bonds. The number of aryl methyl sites for hydroxylation is 3. The Bertz CT molecular complexity index is 1040. The lowest BCUT2D eigenvalue weighted by atomic mass is 9.95. The lowest BCUT2D eigenvalue weighted by Crippen LogP contribution is -2.22. The van der Waals surface area contributed by atoms with Crippen LogP contribution in [0.1, 0.15) is 43.4 Å². The van der Waals surface area contributed by atoms with Gasteiger partial charge in [0.2, 0.25) is 5.88 Å². The van der Waals surface area contributed by atoms with Crippen molar-refractivity contribution >= 4 is 28.3 Å². The molecule has 1 fully saturated rings. The van der Waals surface area contributed by atoms with Crippen LogP contribution in [0.2, 0.25) is 0 Å². The second-order valence-corrected chi connectivity index (χ2v) is 8.10. The Morgan fingerprint density at radius 1 is 1.13 bits per heavy atom. The van der Waals surface area contributed by atoms with Crippen molar-refractivity contribution in [2.45, 2.75) is 52.0 Å². The van der Waals surface area contributed by atoms with Crippen LogP contribution in [0.15, 0.2) is 30.3 Å². The number of fused-ring (bicyclic) bond motifs is 1. The summed E-state index contributed by atoms with van der Waals surface area (Å²) in [4.78, 5) is 16.9. The number of benzene rings is 1. The number of nitrogens with zero attached hydrogens (tertiary/aromatic N) is 3. The molecule has 3 aromatic rings. The number of ether oxygens (including phenoxy) is 1. The zero-order valence-corrected chi connectivity index (χ0v) is 17.9. The van der Waals surface area contributed by atoms with Gasteiger partial charge in [0.1, 0.15) is 0 Å². The quantitative estimate of drug-likeness (QED) is 0.635. The molecule has 1 aliphatic carbocycles. The molecule has 0 spiro atoms. The Morgan fingerprint density at radius 2 is 1.83 bits per heavy atom. The van der Waals surface area contributed by atoms with Crippen LogP contribution < -0.4 is 15.4 Å². The van der Waals surface area contributed by atoms with Gasteiger partial charge in [-0.05, 0) is 62.6 Å². The fourth-order valence-corrected chi connectivity index (χ4v) is 4.11. The van der Waals surface area contributed by atoms with Gasteiger partial charge in [0.25, 0.3) is 5.91 Å². The van der Waals surface area contributed by atoms with E-state index in [0.29, 0.717) is 11.9 Å². The van der Waals surface area contributed by atoms with Crippen LogP contribution in [-0.2, 0) is 11.8 Å². The number of hydrogen-bond donors (Lipinski definition) is 2. The molecule has 0 saturated heterocycles. The maximum atomic E-state index is 12.4. The predicted molar refractivity (Wildman–Crippen MR) is 119 cm³/mol. The summed E-state index contributed by atoms with van der Waals surface area (Å²) in [7, 11) is 1.82. The molecule has 0 unspecified atom stereocenters. The van der Waals surface area contributed by atoms with Crippen molar-refractivity contribution in [2.24, 2.45) is 7.05 Å². The van der Waals surface area contributed by atoms with Crippen molar-refractivity contribution in [1.82, 2.24) is 14.8 Å². The molecule has 0 radical (unpaired) electrons. The van der Waals surface area contributed by atoms with Gasteiger partial charge in [0.15, 0.2) is 12.3 Å². The van der Waals surface area contributed by atoms with E-state index in [2.05, 4.69) is 20.7 Å². The summed E-state index contributed by atoms with van der Waals surface area (Å²) in [5, 5.41) is 11.7. The normalized spacial score (nSPS) is 14.6. The number of aromatic nitrogens is 3. The number of hydrogen-bond acceptors (Lipinski definition) is 5. The van der Waals surface area contributed by atoms with Crippen LogP contribution in [0, 0.1) is 13.8 Å². The Hall–Kier alpha value is -3.09. The molecular weight excluding hydrogens is 378 g/mol. The summed E-state index contributed by atoms with van der Waals surface area (Å²) in [5.41, 5.74) is 4.55. The van der Waals surface area contributed by atoms with E-state index in [4.69, 9.17) is 4.74 Å². The Morgan fingerprint density at radius 3 is 2.57 bits per heavy atom. The average molecular weight is 408 g/mol. The molecule has 7 heteroatoms. The number of rotatable bonds is 6. The molecule has 158 valence electrons. The van der Waals surface area contributed by atoms with Crippen LogP contribution in [0.5, 0.6) is 5.88 Å². The van der Waals surface area contributed by atoms with Crippen molar-refractivity contribution in [3.63, 3.8) is 0 Å². The van der Waals surface area contributed by atoms with Crippen molar-refractivity contribution < 1.29 is 9.53 Å². The monoisotopic (exact) mass is 407 g/mol. The minimum Gasteiger partial charge on any atom is -0.466 e. The Balaban J connectivity index is 1.34. The minimum atomic E-state index is -0.223. The largest absolute Gasteiger partial charge is 0.466 e. The number of amides is 1. The molecule has 2 heterocycles. The van der Waals surface area contributed by atoms with Crippen molar-refractivity contribution in [2.75, 3.05) is 17.2 Å². The Labute approximate surface area is 176 Å². The zero-order valence-electron chi connectivity index (χ0n) is 17.9. The van der Waals surface area contributed by atoms with Crippen LogP contribution >= 0.6 is 0 Å². The van der Waals surface area contributed by atoms with Gasteiger partial charge in [0, 0.05) is 30.2 Å². The first kappa shape index (κ1) is 20.2. The summed E-state index contributed by atoms with van der Waals surface area (Å²) < 4.78 is 7.40. The van der Waals surface area contributed by atoms with E-state index in [9.17, 15) is 4.79 Å². The first-order chi connectivity index (χ1) is 14.5. The van der Waals surface area contributed by atoms with E-state index in [1.165, 1.54) is 32.1 Å². The average Bonchev–Trinajstić information content (AvgIpc) is 3.04. The maximum Gasteiger partial charge on any atom is 0.262 e. The fraction of sp³-hybridized carbons (Fsp3) is 0.435. The van der Waals surface area contributed by atoms with E-state index >= 15 is 0 Å². The summed E-state index contributed by atoms with van der Waals surface area (Å²) in [5.74, 6) is 0.208. The summed E-state index contributed by atoms with van der Waals surface area (Å²) in [6, 6.07) is 10.4. The highest BCUT2D eigenvalue weighted by Crippen LogP contribution is 2.27. The molecule has 0 atom stereocenters. The van der Waals surface area contributed by atoms with Crippen LogP contribution in [-0.4, -0.2) is 33.3 Å². The van der Waals surface area contributed by atoms with E-state index in [0.717, 1.165) is 33.7 Å². The van der Waals surface area contributed by atoms with Gasteiger partial charge in [0.05, 0.1) is 5.39 Å². The Kier molecular flexibility index (Phi) is 5.88. The van der Waals surface area contributed by atoms with Gasteiger partial charge in [-0.25, -0.2) is 9.67 Å². The molecule has 1 aromatic carbocycles. The van der Waals surface area contributed by atoms with E-state index in [-0.39, 0.29) is 12.5 Å². The topological polar surface area (TPSA) is 81.1 Å². The third-order valence-electron chi connectivity index (χ3n) is 5.57. The van der Waals surface area contributed by atoms with Crippen molar-refractivity contribution in [3.8, 4) is 5.88 Å². The first-order valence-electron chi connectivity index (χ1n) is 10.6. The summed E-state index contributed by atoms with van der Waals surface area (Å²) in [6.07, 6.45) is 6.40. The van der Waals surface area contributed by atoms with Crippen molar-refractivity contribution in [3.05, 3.63) is 41.6 Å². The highest BCUT2D eigenvalue weighted by Gasteiger charge is 2.16. The molecule has 4 rings (SSSR count). The zero-order chi connectivity index (χ0) is 21.1. The van der Waals surface area contributed by atoms with Gasteiger partial charge in [-0.15, -0.1) is 5.10 Å². The third-order valence-corrected chi connectivity index (χ3v) is 5.57. The SMILES string of the molecule is Cc1cc(C)c2c(OCC(=O)Nc3ccc(NC4CCCCC4)cc3)nn(C)c2n1. The van der Waals surface area contributed by atoms with Gasteiger partial charge >= 0.3 is 0 Å². The molecule has 1 saturated carbocycles. The molecule has 0 aliphatic heterocycles. The molecule has 7 nitrogen and oxygen atoms in total. The molecule has 30 heavy (non-hydrogen) atoms. The minimum absolute atomic E-state index is 0.110. The van der Waals surface area contributed by atoms with E-state index in [1.54, 1.807) is 4.68 Å². The van der Waals surface area contributed by atoms with Crippen molar-refractivity contribution in [1.29, 1.82) is 0 Å². The highest BCUT2D eigenvalue weighted by atomic mass is 16.5. The molecule has 0 bridgehead atoms. The number of carbonyl (C=O) groups is 1. The number of nitrogens with one attached hydrogen (secondary N) is 2. The molecule has 1 aliphatic rings. The van der Waals surface area contributed by atoms with Crippen LogP contribution in [0.25, 0.3) is 11.0 Å². The number of pyridine rings is 1.